The zero-order valence-electron chi connectivity index (χ0n) is 10.6. The van der Waals surface area contributed by atoms with Gasteiger partial charge >= 0.3 is 0 Å². The maximum Gasteiger partial charge on any atom is 0.278 e. The fraction of sp³-hybridized carbons (Fsp3) is 0.545. The molecule has 0 unspecified atom stereocenters. The van der Waals surface area contributed by atoms with E-state index in [1.165, 1.54) is 24.3 Å². The number of hydrogen-bond acceptors (Lipinski definition) is 7. The van der Waals surface area contributed by atoms with Gasteiger partial charge in [0.2, 0.25) is 0 Å². The number of methoxy groups -OCH3 is 1. The van der Waals surface area contributed by atoms with Gasteiger partial charge in [0.1, 0.15) is 18.3 Å². The average Bonchev–Trinajstić information content (AvgIpc) is 2.97. The van der Waals surface area contributed by atoms with E-state index in [0.29, 0.717) is 0 Å². The standard InChI is InChI=1S/C11H14N4O5/c1-19-2-5-7(16)8(17)11(20-5)15-4-14-6-9(15)12-3-13-10(6)18/h3-5,7-8,11,16-17H,2H2,1H3,(H,12,13,18)/t5-,7+,8+,11-/m0/s1. The fourth-order valence-corrected chi connectivity index (χ4v) is 2.31. The first-order valence-corrected chi connectivity index (χ1v) is 6.04. The van der Waals surface area contributed by atoms with Crippen LogP contribution >= 0.6 is 0 Å². The second-order valence-electron chi connectivity index (χ2n) is 4.56. The molecular formula is C11H14N4O5. The Morgan fingerprint density at radius 1 is 1.45 bits per heavy atom. The quantitative estimate of drug-likeness (QED) is 0.618. The van der Waals surface area contributed by atoms with Crippen molar-refractivity contribution in [3.05, 3.63) is 23.0 Å². The van der Waals surface area contributed by atoms with Crippen LogP contribution in [-0.4, -0.2) is 61.8 Å². The minimum absolute atomic E-state index is 0.146. The second kappa shape index (κ2) is 4.94. The topological polar surface area (TPSA) is 122 Å². The van der Waals surface area contributed by atoms with Crippen molar-refractivity contribution >= 4 is 11.2 Å². The van der Waals surface area contributed by atoms with Crippen molar-refractivity contribution in [3.63, 3.8) is 0 Å². The van der Waals surface area contributed by atoms with Gasteiger partial charge in [-0.1, -0.05) is 0 Å². The number of nitrogens with zero attached hydrogens (tertiary/aromatic N) is 3. The molecule has 2 aromatic heterocycles. The van der Waals surface area contributed by atoms with E-state index < -0.39 is 24.5 Å². The number of aromatic nitrogens is 4. The van der Waals surface area contributed by atoms with E-state index in [2.05, 4.69) is 15.0 Å². The number of ether oxygens (including phenoxy) is 2. The van der Waals surface area contributed by atoms with E-state index in [9.17, 15) is 15.0 Å². The Balaban J connectivity index is 1.99. The number of rotatable bonds is 3. The predicted molar refractivity (Wildman–Crippen MR) is 65.9 cm³/mol. The number of hydrogen-bond donors (Lipinski definition) is 3. The van der Waals surface area contributed by atoms with Crippen molar-refractivity contribution in [1.29, 1.82) is 0 Å². The lowest BCUT2D eigenvalue weighted by atomic mass is 10.1. The summed E-state index contributed by atoms with van der Waals surface area (Å²) >= 11 is 0. The van der Waals surface area contributed by atoms with E-state index in [1.807, 2.05) is 0 Å². The summed E-state index contributed by atoms with van der Waals surface area (Å²) in [6, 6.07) is 0. The van der Waals surface area contributed by atoms with Gasteiger partial charge in [-0.25, -0.2) is 9.97 Å². The number of aliphatic hydroxyl groups excluding tert-OH is 2. The first-order chi connectivity index (χ1) is 9.63. The largest absolute Gasteiger partial charge is 0.387 e. The molecule has 1 saturated heterocycles. The van der Waals surface area contributed by atoms with E-state index in [1.54, 1.807) is 0 Å². The highest BCUT2D eigenvalue weighted by atomic mass is 16.6. The molecule has 9 nitrogen and oxygen atoms in total. The highest BCUT2D eigenvalue weighted by Crippen LogP contribution is 2.30. The molecule has 3 N–H and O–H groups in total. The Morgan fingerprint density at radius 3 is 3.00 bits per heavy atom. The molecule has 0 aromatic carbocycles. The van der Waals surface area contributed by atoms with E-state index in [4.69, 9.17) is 9.47 Å². The maximum atomic E-state index is 11.6. The summed E-state index contributed by atoms with van der Waals surface area (Å²) in [6.45, 7) is 0.148. The van der Waals surface area contributed by atoms with Crippen molar-refractivity contribution in [2.75, 3.05) is 13.7 Å². The van der Waals surface area contributed by atoms with E-state index in [-0.39, 0.29) is 23.3 Å². The van der Waals surface area contributed by atoms with Gasteiger partial charge in [-0.15, -0.1) is 0 Å². The van der Waals surface area contributed by atoms with Crippen molar-refractivity contribution in [1.82, 2.24) is 19.5 Å². The molecule has 3 heterocycles. The van der Waals surface area contributed by atoms with Crippen LogP contribution in [-0.2, 0) is 9.47 Å². The monoisotopic (exact) mass is 282 g/mol. The van der Waals surface area contributed by atoms with Gasteiger partial charge in [0.15, 0.2) is 17.4 Å². The lowest BCUT2D eigenvalue weighted by molar-refractivity contribution is -0.0580. The molecule has 1 fully saturated rings. The average molecular weight is 282 g/mol. The van der Waals surface area contributed by atoms with Crippen LogP contribution in [0.1, 0.15) is 6.23 Å². The normalized spacial score (nSPS) is 30.1. The molecule has 0 bridgehead atoms. The SMILES string of the molecule is COC[C@@H]1O[C@H](n2cnc3c(=O)[nH]cnc32)[C@H](O)[C@@H]1O. The first-order valence-electron chi connectivity index (χ1n) is 6.04. The van der Waals surface area contributed by atoms with Crippen LogP contribution in [0.25, 0.3) is 11.2 Å². The Morgan fingerprint density at radius 2 is 2.25 bits per heavy atom. The van der Waals surface area contributed by atoms with Crippen LogP contribution in [0.3, 0.4) is 0 Å². The van der Waals surface area contributed by atoms with Gasteiger partial charge in [-0.2, -0.15) is 0 Å². The lowest BCUT2D eigenvalue weighted by Gasteiger charge is -2.16. The summed E-state index contributed by atoms with van der Waals surface area (Å²) in [5.74, 6) is 0. The van der Waals surface area contributed by atoms with E-state index >= 15 is 0 Å². The van der Waals surface area contributed by atoms with Crippen LogP contribution in [0.5, 0.6) is 0 Å². The summed E-state index contributed by atoms with van der Waals surface area (Å²) in [5, 5.41) is 20.0. The third-order valence-corrected chi connectivity index (χ3v) is 3.31. The summed E-state index contributed by atoms with van der Waals surface area (Å²) < 4.78 is 11.9. The van der Waals surface area contributed by atoms with Crippen molar-refractivity contribution in [2.45, 2.75) is 24.5 Å². The maximum absolute atomic E-state index is 11.6. The second-order valence-corrected chi connectivity index (χ2v) is 4.56. The first kappa shape index (κ1) is 13.2. The molecule has 1 aliphatic heterocycles. The summed E-state index contributed by atoms with van der Waals surface area (Å²) in [6.07, 6.45) is -1.17. The van der Waals surface area contributed by atoms with Crippen LogP contribution < -0.4 is 5.56 Å². The number of aliphatic hydroxyl groups is 2. The summed E-state index contributed by atoms with van der Waals surface area (Å²) in [7, 11) is 1.48. The van der Waals surface area contributed by atoms with Crippen molar-refractivity contribution in [3.8, 4) is 0 Å². The highest BCUT2D eigenvalue weighted by Gasteiger charge is 2.44. The molecular weight excluding hydrogens is 268 g/mol. The number of imidazole rings is 1. The van der Waals surface area contributed by atoms with Gasteiger partial charge in [0.05, 0.1) is 19.3 Å². The fourth-order valence-electron chi connectivity index (χ4n) is 2.31. The molecule has 0 aliphatic carbocycles. The molecule has 0 radical (unpaired) electrons. The molecule has 1 aliphatic rings. The van der Waals surface area contributed by atoms with Crippen molar-refractivity contribution < 1.29 is 19.7 Å². The number of nitrogens with one attached hydrogen (secondary N) is 1. The van der Waals surface area contributed by atoms with Crippen LogP contribution in [0.4, 0.5) is 0 Å². The summed E-state index contributed by atoms with van der Waals surface area (Å²) in [5.41, 5.74) is 0.0475. The third kappa shape index (κ3) is 1.91. The highest BCUT2D eigenvalue weighted by molar-refractivity contribution is 5.68. The van der Waals surface area contributed by atoms with Gasteiger partial charge in [0.25, 0.3) is 5.56 Å². The number of fused-ring (bicyclic) bond motifs is 1. The van der Waals surface area contributed by atoms with Crippen LogP contribution in [0.15, 0.2) is 17.4 Å². The van der Waals surface area contributed by atoms with Gasteiger partial charge in [0, 0.05) is 7.11 Å². The third-order valence-electron chi connectivity index (χ3n) is 3.31. The zero-order valence-corrected chi connectivity index (χ0v) is 10.6. The van der Waals surface area contributed by atoms with Gasteiger partial charge in [-0.05, 0) is 0 Å². The smallest absolute Gasteiger partial charge is 0.278 e. The molecule has 3 rings (SSSR count). The number of H-pyrrole nitrogens is 1. The van der Waals surface area contributed by atoms with E-state index in [0.717, 1.165) is 0 Å². The molecule has 0 saturated carbocycles. The molecule has 0 spiro atoms. The molecule has 20 heavy (non-hydrogen) atoms. The Labute approximate surface area is 112 Å². The van der Waals surface area contributed by atoms with Gasteiger partial charge in [-0.3, -0.25) is 9.36 Å². The molecule has 4 atom stereocenters. The molecule has 2 aromatic rings. The Bertz CT molecular complexity index is 668. The summed E-state index contributed by atoms with van der Waals surface area (Å²) in [4.78, 5) is 22.0. The zero-order chi connectivity index (χ0) is 14.3. The Kier molecular flexibility index (Phi) is 3.26. The lowest BCUT2D eigenvalue weighted by Crippen LogP contribution is -2.33. The van der Waals surface area contributed by atoms with Gasteiger partial charge < -0.3 is 24.7 Å². The predicted octanol–water partition coefficient (Wildman–Crippen LogP) is -1.61. The molecule has 0 amide bonds. The van der Waals surface area contributed by atoms with Crippen molar-refractivity contribution in [2.24, 2.45) is 0 Å². The van der Waals surface area contributed by atoms with Crippen LogP contribution in [0, 0.1) is 0 Å². The molecule has 9 heteroatoms. The Hall–Kier alpha value is -1.81. The minimum atomic E-state index is -1.16. The number of aromatic amines is 1. The minimum Gasteiger partial charge on any atom is -0.387 e. The molecule has 108 valence electrons. The van der Waals surface area contributed by atoms with Crippen LogP contribution in [0.2, 0.25) is 0 Å².